The second-order valence-electron chi connectivity index (χ2n) is 7.83. The molecule has 1 aliphatic heterocycles. The summed E-state index contributed by atoms with van der Waals surface area (Å²) in [7, 11) is 0. The zero-order valence-corrected chi connectivity index (χ0v) is 18.4. The summed E-state index contributed by atoms with van der Waals surface area (Å²) in [5.41, 5.74) is 2.99. The van der Waals surface area contributed by atoms with Crippen molar-refractivity contribution in [3.05, 3.63) is 60.3 Å². The van der Waals surface area contributed by atoms with E-state index in [2.05, 4.69) is 26.1 Å². The Balaban J connectivity index is 1.35. The van der Waals surface area contributed by atoms with Gasteiger partial charge in [0.15, 0.2) is 0 Å². The average Bonchev–Trinajstić information content (AvgIpc) is 3.26. The van der Waals surface area contributed by atoms with E-state index in [0.29, 0.717) is 52.8 Å². The van der Waals surface area contributed by atoms with Crippen LogP contribution in [0.3, 0.4) is 0 Å². The minimum absolute atomic E-state index is 0.0379. The molecule has 0 amide bonds. The number of furan rings is 1. The van der Waals surface area contributed by atoms with Crippen molar-refractivity contribution in [2.45, 2.75) is 18.9 Å². The maximum absolute atomic E-state index is 10.7. The number of hydrogen-bond donors (Lipinski definition) is 2. The number of rotatable bonds is 6. The topological polar surface area (TPSA) is 140 Å². The van der Waals surface area contributed by atoms with Crippen LogP contribution in [0.4, 0.5) is 16.4 Å². The van der Waals surface area contributed by atoms with Crippen LogP contribution in [0.25, 0.3) is 22.2 Å². The van der Waals surface area contributed by atoms with Gasteiger partial charge in [0.05, 0.1) is 24.5 Å². The van der Waals surface area contributed by atoms with Crippen LogP contribution < -0.4 is 14.8 Å². The second kappa shape index (κ2) is 9.70. The molecule has 5 rings (SSSR count). The van der Waals surface area contributed by atoms with E-state index in [0.717, 1.165) is 18.4 Å². The smallest absolute Gasteiger partial charge is 0.489 e. The van der Waals surface area contributed by atoms with Gasteiger partial charge in [-0.05, 0) is 42.5 Å². The van der Waals surface area contributed by atoms with Crippen LogP contribution in [-0.2, 0) is 4.74 Å². The van der Waals surface area contributed by atoms with Gasteiger partial charge < -0.3 is 29.1 Å². The molecule has 10 heteroatoms. The molecule has 4 aromatic rings. The number of ether oxygens (including phenoxy) is 3. The van der Waals surface area contributed by atoms with Gasteiger partial charge in [0.1, 0.15) is 23.5 Å². The lowest BCUT2D eigenvalue weighted by Gasteiger charge is -2.23. The van der Waals surface area contributed by atoms with E-state index in [9.17, 15) is 10.1 Å². The van der Waals surface area contributed by atoms with Gasteiger partial charge in [-0.1, -0.05) is 0 Å². The Labute approximate surface area is 199 Å². The molecule has 1 saturated heterocycles. The molecule has 176 valence electrons. The van der Waals surface area contributed by atoms with E-state index in [4.69, 9.17) is 19.0 Å². The highest BCUT2D eigenvalue weighted by Gasteiger charge is 2.18. The maximum Gasteiger partial charge on any atom is 0.513 e. The number of nitrogens with zero attached hydrogens (tertiary/aromatic N) is 3. The third-order valence-corrected chi connectivity index (χ3v) is 5.45. The number of fused-ring (bicyclic) bond motifs is 1. The van der Waals surface area contributed by atoms with Crippen LogP contribution in [-0.4, -0.2) is 40.5 Å². The zero-order chi connectivity index (χ0) is 24.2. The number of benzene rings is 2. The summed E-state index contributed by atoms with van der Waals surface area (Å²) in [5, 5.41) is 22.2. The molecule has 0 bridgehead atoms. The Kier molecular flexibility index (Phi) is 6.15. The first-order valence-electron chi connectivity index (χ1n) is 10.9. The largest absolute Gasteiger partial charge is 0.513 e. The van der Waals surface area contributed by atoms with Crippen molar-refractivity contribution in [3.8, 4) is 29.0 Å². The molecule has 0 radical (unpaired) electrons. The lowest BCUT2D eigenvalue weighted by Crippen LogP contribution is -2.26. The summed E-state index contributed by atoms with van der Waals surface area (Å²) in [6.45, 7) is 1.32. The molecule has 0 aliphatic carbocycles. The van der Waals surface area contributed by atoms with Crippen LogP contribution in [0.1, 0.15) is 18.4 Å². The van der Waals surface area contributed by atoms with Crippen molar-refractivity contribution in [1.29, 1.82) is 5.26 Å². The van der Waals surface area contributed by atoms with Crippen LogP contribution in [0, 0.1) is 11.3 Å². The van der Waals surface area contributed by atoms with Crippen LogP contribution in [0.5, 0.6) is 11.7 Å². The Morgan fingerprint density at radius 3 is 2.80 bits per heavy atom. The normalized spacial score (nSPS) is 13.8. The van der Waals surface area contributed by atoms with Gasteiger partial charge in [0, 0.05) is 41.7 Å². The predicted molar refractivity (Wildman–Crippen MR) is 125 cm³/mol. The van der Waals surface area contributed by atoms with Gasteiger partial charge >= 0.3 is 6.16 Å². The summed E-state index contributed by atoms with van der Waals surface area (Å²) < 4.78 is 21.3. The molecule has 2 N–H and O–H groups in total. The van der Waals surface area contributed by atoms with E-state index >= 15 is 0 Å². The van der Waals surface area contributed by atoms with Gasteiger partial charge in [-0.15, -0.1) is 0 Å². The van der Waals surface area contributed by atoms with E-state index in [1.54, 1.807) is 42.6 Å². The highest BCUT2D eigenvalue weighted by atomic mass is 16.7. The fourth-order valence-corrected chi connectivity index (χ4v) is 3.79. The number of anilines is 2. The first-order chi connectivity index (χ1) is 17.1. The van der Waals surface area contributed by atoms with Crippen molar-refractivity contribution in [2.75, 3.05) is 18.5 Å². The van der Waals surface area contributed by atoms with E-state index in [-0.39, 0.29) is 12.1 Å². The van der Waals surface area contributed by atoms with Gasteiger partial charge in [-0.3, -0.25) is 0 Å². The molecule has 1 aliphatic rings. The number of nitriles is 1. The lowest BCUT2D eigenvalue weighted by molar-refractivity contribution is 0.0254. The maximum atomic E-state index is 10.7. The molecular weight excluding hydrogens is 452 g/mol. The molecule has 0 spiro atoms. The highest BCUT2D eigenvalue weighted by Crippen LogP contribution is 2.30. The average molecular weight is 472 g/mol. The van der Waals surface area contributed by atoms with Gasteiger partial charge in [0.2, 0.25) is 5.95 Å². The Morgan fingerprint density at radius 2 is 2.00 bits per heavy atom. The Bertz CT molecular complexity index is 1420. The molecule has 3 heterocycles. The van der Waals surface area contributed by atoms with Crippen molar-refractivity contribution in [2.24, 2.45) is 0 Å². The predicted octanol–water partition coefficient (Wildman–Crippen LogP) is 5.12. The van der Waals surface area contributed by atoms with Gasteiger partial charge in [-0.25, -0.2) is 14.8 Å². The number of carbonyl (C=O) groups is 1. The zero-order valence-electron chi connectivity index (χ0n) is 18.4. The van der Waals surface area contributed by atoms with Crippen LogP contribution >= 0.6 is 0 Å². The lowest BCUT2D eigenvalue weighted by atomic mass is 10.1. The third-order valence-electron chi connectivity index (χ3n) is 5.45. The number of nitrogens with one attached hydrogen (secondary N) is 1. The van der Waals surface area contributed by atoms with E-state index < -0.39 is 6.16 Å². The van der Waals surface area contributed by atoms with Crippen molar-refractivity contribution in [3.63, 3.8) is 0 Å². The molecule has 0 atom stereocenters. The SMILES string of the molecule is N#Cc1cc(-c2ccnc(Nc3ccc4oc(OC(=O)O)cc4c3)n2)ccc1OC1CCOCC1. The Morgan fingerprint density at radius 1 is 1.14 bits per heavy atom. The minimum Gasteiger partial charge on any atom is -0.489 e. The number of aromatic nitrogens is 2. The second-order valence-corrected chi connectivity index (χ2v) is 7.83. The summed E-state index contributed by atoms with van der Waals surface area (Å²) in [6.07, 6.45) is 1.81. The highest BCUT2D eigenvalue weighted by molar-refractivity contribution is 5.84. The molecule has 0 unspecified atom stereocenters. The Hall–Kier alpha value is -4.62. The van der Waals surface area contributed by atoms with Gasteiger partial charge in [0.25, 0.3) is 5.95 Å². The summed E-state index contributed by atoms with van der Waals surface area (Å²) in [5.74, 6) is 0.795. The standard InChI is InChI=1S/C25H20N4O6/c26-14-17-11-15(1-3-22(17)33-19-6-9-32-10-7-19)20-5-8-27-24(29-20)28-18-2-4-21-16(12-18)13-23(34-21)35-25(30)31/h1-5,8,11-13,19H,6-7,9-10H2,(H,30,31)(H,27,28,29). The monoisotopic (exact) mass is 472 g/mol. The minimum atomic E-state index is -1.45. The summed E-state index contributed by atoms with van der Waals surface area (Å²) >= 11 is 0. The molecule has 2 aromatic carbocycles. The first-order valence-corrected chi connectivity index (χ1v) is 10.9. The van der Waals surface area contributed by atoms with Crippen LogP contribution in [0.2, 0.25) is 0 Å². The summed E-state index contributed by atoms with van der Waals surface area (Å²) in [6, 6.07) is 16.1. The first kappa shape index (κ1) is 22.2. The molecule has 0 saturated carbocycles. The molecule has 1 fully saturated rings. The van der Waals surface area contributed by atoms with Crippen molar-refractivity contribution in [1.82, 2.24) is 9.97 Å². The quantitative estimate of drug-likeness (QED) is 0.363. The van der Waals surface area contributed by atoms with E-state index in [1.165, 1.54) is 6.07 Å². The fraction of sp³-hybridized carbons (Fsp3) is 0.200. The van der Waals surface area contributed by atoms with E-state index in [1.807, 2.05) is 6.07 Å². The number of hydrogen-bond acceptors (Lipinski definition) is 9. The molecule has 35 heavy (non-hydrogen) atoms. The number of carboxylic acid groups (broad SMARTS) is 1. The molecule has 10 nitrogen and oxygen atoms in total. The van der Waals surface area contributed by atoms with Crippen molar-refractivity contribution >= 4 is 28.8 Å². The molecular formula is C25H20N4O6. The van der Waals surface area contributed by atoms with Crippen molar-refractivity contribution < 1.29 is 28.5 Å². The van der Waals surface area contributed by atoms with Crippen LogP contribution in [0.15, 0.2) is 59.1 Å². The fourth-order valence-electron chi connectivity index (χ4n) is 3.79. The third kappa shape index (κ3) is 5.15. The molecule has 2 aromatic heterocycles. The van der Waals surface area contributed by atoms with Gasteiger partial charge in [-0.2, -0.15) is 5.26 Å². The summed E-state index contributed by atoms with van der Waals surface area (Å²) in [4.78, 5) is 19.6.